The molecule has 0 spiro atoms. The molecule has 0 radical (unpaired) electrons. The van der Waals surface area contributed by atoms with Crippen LogP contribution in [0.25, 0.3) is 0 Å². The van der Waals surface area contributed by atoms with Crippen molar-refractivity contribution in [2.45, 2.75) is 101 Å². The van der Waals surface area contributed by atoms with E-state index in [9.17, 15) is 4.79 Å². The number of nitrogens with one attached hydrogen (secondary N) is 3. The average Bonchev–Trinajstić information content (AvgIpc) is 3.19. The summed E-state index contributed by atoms with van der Waals surface area (Å²) in [7, 11) is 0. The highest BCUT2D eigenvalue weighted by Crippen LogP contribution is 2.37. The second kappa shape index (κ2) is 10.1. The number of nitrogens with two attached hydrogens (primary N) is 1. The van der Waals surface area contributed by atoms with Crippen molar-refractivity contribution in [3.05, 3.63) is 0 Å². The number of fused-ring (bicyclic) bond motifs is 1. The van der Waals surface area contributed by atoms with E-state index in [1.54, 1.807) is 0 Å². The zero-order valence-corrected chi connectivity index (χ0v) is 18.4. The second-order valence-corrected chi connectivity index (χ2v) is 10.2. The van der Waals surface area contributed by atoms with Crippen molar-refractivity contribution in [3.63, 3.8) is 0 Å². The Kier molecular flexibility index (Phi) is 7.49. The van der Waals surface area contributed by atoms with Gasteiger partial charge in [-0.2, -0.15) is 0 Å². The van der Waals surface area contributed by atoms with E-state index >= 15 is 0 Å². The van der Waals surface area contributed by atoms with Gasteiger partial charge in [0.25, 0.3) is 0 Å². The van der Waals surface area contributed by atoms with Gasteiger partial charge in [-0.1, -0.05) is 13.3 Å². The number of carbonyl (C=O) groups is 1. The van der Waals surface area contributed by atoms with Gasteiger partial charge in [0.05, 0.1) is 6.04 Å². The molecular weight excluding hydrogens is 362 g/mol. The molecule has 6 nitrogen and oxygen atoms in total. The molecule has 2 saturated carbocycles. The number of amides is 1. The van der Waals surface area contributed by atoms with Crippen LogP contribution in [0.2, 0.25) is 0 Å². The largest absolute Gasteiger partial charge is 0.352 e. The monoisotopic (exact) mass is 405 g/mol. The Morgan fingerprint density at radius 3 is 2.59 bits per heavy atom. The Bertz CT molecular complexity index is 535. The molecule has 6 heteroatoms. The minimum atomic E-state index is 0.0373. The molecule has 6 unspecified atom stereocenters. The lowest BCUT2D eigenvalue weighted by molar-refractivity contribution is -0.124. The van der Waals surface area contributed by atoms with Crippen LogP contribution >= 0.6 is 0 Å². The summed E-state index contributed by atoms with van der Waals surface area (Å²) in [5, 5.41) is 10.7. The maximum absolute atomic E-state index is 13.0. The number of hydrogen-bond acceptors (Lipinski definition) is 5. The maximum atomic E-state index is 13.0. The summed E-state index contributed by atoms with van der Waals surface area (Å²) in [6.45, 7) is 6.36. The van der Waals surface area contributed by atoms with Crippen molar-refractivity contribution in [3.8, 4) is 0 Å². The molecule has 2 heterocycles. The van der Waals surface area contributed by atoms with Crippen LogP contribution in [0, 0.1) is 11.8 Å². The molecule has 0 aromatic carbocycles. The zero-order chi connectivity index (χ0) is 20.2. The van der Waals surface area contributed by atoms with Crippen LogP contribution in [-0.4, -0.2) is 67.2 Å². The van der Waals surface area contributed by atoms with E-state index in [0.717, 1.165) is 32.4 Å². The summed E-state index contributed by atoms with van der Waals surface area (Å²) in [6, 6.07) is 2.23. The fourth-order valence-corrected chi connectivity index (χ4v) is 6.56. The predicted octanol–water partition coefficient (Wildman–Crippen LogP) is 1.59. The highest BCUT2D eigenvalue weighted by atomic mass is 16.2. The summed E-state index contributed by atoms with van der Waals surface area (Å²) >= 11 is 0. The SMILES string of the molecule is CC1CCCC2CC(C(=O)NC3CCCC(N4CCC(NCCN)CC4)C3)NC12. The van der Waals surface area contributed by atoms with Crippen LogP contribution in [0.4, 0.5) is 0 Å². The van der Waals surface area contributed by atoms with Gasteiger partial charge in [0.2, 0.25) is 5.91 Å². The second-order valence-electron chi connectivity index (χ2n) is 10.2. The Morgan fingerprint density at radius 2 is 1.83 bits per heavy atom. The van der Waals surface area contributed by atoms with Crippen molar-refractivity contribution in [1.82, 2.24) is 20.9 Å². The van der Waals surface area contributed by atoms with Crippen LogP contribution in [0.1, 0.15) is 71.1 Å². The lowest BCUT2D eigenvalue weighted by atomic mass is 9.78. The van der Waals surface area contributed by atoms with Crippen molar-refractivity contribution < 1.29 is 4.79 Å². The first-order valence-electron chi connectivity index (χ1n) is 12.4. The topological polar surface area (TPSA) is 82.4 Å². The van der Waals surface area contributed by atoms with Crippen LogP contribution in [0.3, 0.4) is 0 Å². The molecule has 2 aliphatic heterocycles. The molecule has 29 heavy (non-hydrogen) atoms. The molecule has 0 aromatic heterocycles. The maximum Gasteiger partial charge on any atom is 0.237 e. The normalized spacial score (nSPS) is 39.2. The van der Waals surface area contributed by atoms with E-state index < -0.39 is 0 Å². The molecule has 0 aromatic rings. The molecule has 4 rings (SSSR count). The molecule has 1 amide bonds. The number of rotatable bonds is 6. The van der Waals surface area contributed by atoms with Gasteiger partial charge in [0.15, 0.2) is 0 Å². The quantitative estimate of drug-likeness (QED) is 0.540. The van der Waals surface area contributed by atoms with E-state index in [4.69, 9.17) is 5.73 Å². The van der Waals surface area contributed by atoms with Crippen LogP contribution < -0.4 is 21.7 Å². The van der Waals surface area contributed by atoms with Gasteiger partial charge in [0.1, 0.15) is 0 Å². The summed E-state index contributed by atoms with van der Waals surface area (Å²) in [5.74, 6) is 1.69. The van der Waals surface area contributed by atoms with Gasteiger partial charge in [0, 0.05) is 37.3 Å². The minimum absolute atomic E-state index is 0.0373. The number of carbonyl (C=O) groups excluding carboxylic acids is 1. The number of nitrogens with zero attached hydrogens (tertiary/aromatic N) is 1. The van der Waals surface area contributed by atoms with E-state index in [1.165, 1.54) is 58.0 Å². The summed E-state index contributed by atoms with van der Waals surface area (Å²) < 4.78 is 0. The number of piperidine rings is 1. The van der Waals surface area contributed by atoms with E-state index in [1.807, 2.05) is 0 Å². The third-order valence-electron chi connectivity index (χ3n) is 8.22. The number of likely N-dealkylation sites (tertiary alicyclic amines) is 1. The van der Waals surface area contributed by atoms with Gasteiger partial charge in [-0.15, -0.1) is 0 Å². The van der Waals surface area contributed by atoms with Crippen molar-refractivity contribution in [2.24, 2.45) is 17.6 Å². The van der Waals surface area contributed by atoms with Crippen molar-refractivity contribution in [2.75, 3.05) is 26.2 Å². The number of hydrogen-bond donors (Lipinski definition) is 4. The summed E-state index contributed by atoms with van der Waals surface area (Å²) in [6.07, 6.45) is 12.2. The molecule has 0 bridgehead atoms. The lowest BCUT2D eigenvalue weighted by Crippen LogP contribution is -2.53. The van der Waals surface area contributed by atoms with Gasteiger partial charge < -0.3 is 26.6 Å². The fraction of sp³-hybridized carbons (Fsp3) is 0.957. The molecule has 5 N–H and O–H groups in total. The third kappa shape index (κ3) is 5.33. The molecule has 2 saturated heterocycles. The summed E-state index contributed by atoms with van der Waals surface area (Å²) in [5.41, 5.74) is 5.62. The Labute approximate surface area is 177 Å². The fourth-order valence-electron chi connectivity index (χ4n) is 6.56. The van der Waals surface area contributed by atoms with E-state index in [0.29, 0.717) is 36.0 Å². The molecule has 2 aliphatic carbocycles. The Morgan fingerprint density at radius 1 is 1.03 bits per heavy atom. The predicted molar refractivity (Wildman–Crippen MR) is 118 cm³/mol. The van der Waals surface area contributed by atoms with E-state index in [2.05, 4.69) is 27.8 Å². The van der Waals surface area contributed by atoms with Crippen LogP contribution in [0.15, 0.2) is 0 Å². The first-order valence-corrected chi connectivity index (χ1v) is 12.4. The minimum Gasteiger partial charge on any atom is -0.352 e. The Balaban J connectivity index is 1.22. The van der Waals surface area contributed by atoms with Crippen LogP contribution in [0.5, 0.6) is 0 Å². The first kappa shape index (κ1) is 21.5. The van der Waals surface area contributed by atoms with Gasteiger partial charge in [-0.25, -0.2) is 0 Å². The Hall–Kier alpha value is -0.690. The third-order valence-corrected chi connectivity index (χ3v) is 8.22. The summed E-state index contributed by atoms with van der Waals surface area (Å²) in [4.78, 5) is 15.7. The molecular formula is C23H43N5O. The molecule has 6 atom stereocenters. The highest BCUT2D eigenvalue weighted by Gasteiger charge is 2.42. The van der Waals surface area contributed by atoms with Crippen LogP contribution in [-0.2, 0) is 4.79 Å². The standard InChI is InChI=1S/C23H43N5O/c1-16-4-2-5-17-14-21(27-22(16)17)23(29)26-19-6-3-7-20(15-19)28-12-8-18(9-13-28)25-11-10-24/h16-22,25,27H,2-15,24H2,1H3,(H,26,29). The average molecular weight is 406 g/mol. The van der Waals surface area contributed by atoms with Crippen molar-refractivity contribution in [1.29, 1.82) is 0 Å². The van der Waals surface area contributed by atoms with Gasteiger partial charge in [-0.3, -0.25) is 4.79 Å². The van der Waals surface area contributed by atoms with Crippen molar-refractivity contribution >= 4 is 5.91 Å². The zero-order valence-electron chi connectivity index (χ0n) is 18.4. The van der Waals surface area contributed by atoms with Gasteiger partial charge in [-0.05, 0) is 82.7 Å². The highest BCUT2D eigenvalue weighted by molar-refractivity contribution is 5.82. The van der Waals surface area contributed by atoms with Gasteiger partial charge >= 0.3 is 0 Å². The smallest absolute Gasteiger partial charge is 0.237 e. The van der Waals surface area contributed by atoms with E-state index in [-0.39, 0.29) is 11.9 Å². The lowest BCUT2D eigenvalue weighted by Gasteiger charge is -2.41. The first-order chi connectivity index (χ1) is 14.1. The molecule has 166 valence electrons. The molecule has 4 fully saturated rings. The molecule has 4 aliphatic rings.